The van der Waals surface area contributed by atoms with E-state index in [-0.39, 0.29) is 4.99 Å². The summed E-state index contributed by atoms with van der Waals surface area (Å²) in [4.78, 5) is 0.00412. The number of rotatable bonds is 8. The van der Waals surface area contributed by atoms with Crippen molar-refractivity contribution >= 4 is 27.2 Å². The zero-order valence-electron chi connectivity index (χ0n) is 11.6. The summed E-state index contributed by atoms with van der Waals surface area (Å²) in [5.74, 6) is 0.772. The fourth-order valence-electron chi connectivity index (χ4n) is 1.80. The molecule has 0 aliphatic rings. The first-order valence-corrected chi connectivity index (χ1v) is 8.27. The zero-order chi connectivity index (χ0) is 15.2. The maximum Gasteiger partial charge on any atom is 0.221 e. The van der Waals surface area contributed by atoms with E-state index in [0.29, 0.717) is 19.4 Å². The van der Waals surface area contributed by atoms with Crippen LogP contribution in [0.1, 0.15) is 18.9 Å². The standard InChI is InChI=1S/C13H20N2O3S2/c1-3-12(13(14)19)20(16,17)15-9-8-10-4-6-11(18-2)7-5-10/h4-7,12,15H,3,8-9H2,1-2H3,(H2,14,19). The highest BCUT2D eigenvalue weighted by Gasteiger charge is 2.25. The van der Waals surface area contributed by atoms with Crippen molar-refractivity contribution in [3.8, 4) is 5.75 Å². The van der Waals surface area contributed by atoms with Gasteiger partial charge < -0.3 is 10.5 Å². The zero-order valence-corrected chi connectivity index (χ0v) is 13.3. The van der Waals surface area contributed by atoms with E-state index in [9.17, 15) is 8.42 Å². The van der Waals surface area contributed by atoms with Gasteiger partial charge >= 0.3 is 0 Å². The summed E-state index contributed by atoms with van der Waals surface area (Å²) in [6, 6.07) is 7.48. The first-order valence-electron chi connectivity index (χ1n) is 6.31. The van der Waals surface area contributed by atoms with Crippen LogP contribution in [0, 0.1) is 0 Å². The molecule has 0 fully saturated rings. The fourth-order valence-corrected chi connectivity index (χ4v) is 3.68. The lowest BCUT2D eigenvalue weighted by Gasteiger charge is -2.15. The van der Waals surface area contributed by atoms with Crippen molar-refractivity contribution in [2.75, 3.05) is 13.7 Å². The third kappa shape index (κ3) is 4.73. The predicted octanol–water partition coefficient (Wildman–Crippen LogP) is 1.22. The van der Waals surface area contributed by atoms with Crippen molar-refractivity contribution in [3.63, 3.8) is 0 Å². The molecule has 0 aliphatic carbocycles. The smallest absolute Gasteiger partial charge is 0.221 e. The molecule has 0 amide bonds. The first kappa shape index (κ1) is 16.9. The molecular formula is C13H20N2O3S2. The largest absolute Gasteiger partial charge is 0.497 e. The molecule has 1 aromatic carbocycles. The van der Waals surface area contributed by atoms with Gasteiger partial charge in [-0.3, -0.25) is 0 Å². The molecule has 7 heteroatoms. The third-order valence-electron chi connectivity index (χ3n) is 2.94. The lowest BCUT2D eigenvalue weighted by molar-refractivity contribution is 0.414. The molecule has 1 atom stereocenters. The minimum absolute atomic E-state index is 0.00412. The second-order valence-corrected chi connectivity index (χ2v) is 6.76. The van der Waals surface area contributed by atoms with Crippen molar-refractivity contribution in [2.45, 2.75) is 25.0 Å². The van der Waals surface area contributed by atoms with E-state index in [1.54, 1.807) is 14.0 Å². The van der Waals surface area contributed by atoms with E-state index in [2.05, 4.69) is 4.72 Å². The van der Waals surface area contributed by atoms with Crippen molar-refractivity contribution in [3.05, 3.63) is 29.8 Å². The van der Waals surface area contributed by atoms with Gasteiger partial charge in [-0.2, -0.15) is 0 Å². The Morgan fingerprint density at radius 2 is 2.00 bits per heavy atom. The molecule has 0 aliphatic heterocycles. The highest BCUT2D eigenvalue weighted by molar-refractivity contribution is 7.93. The van der Waals surface area contributed by atoms with Crippen molar-refractivity contribution in [1.82, 2.24) is 4.72 Å². The van der Waals surface area contributed by atoms with Crippen molar-refractivity contribution in [1.29, 1.82) is 0 Å². The molecule has 1 unspecified atom stereocenters. The van der Waals surface area contributed by atoms with E-state index in [4.69, 9.17) is 22.7 Å². The topological polar surface area (TPSA) is 81.4 Å². The Labute approximate surface area is 125 Å². The van der Waals surface area contributed by atoms with Crippen LogP contribution in [0.15, 0.2) is 24.3 Å². The fraction of sp³-hybridized carbons (Fsp3) is 0.462. The number of nitrogens with two attached hydrogens (primary N) is 1. The van der Waals surface area contributed by atoms with E-state index in [1.165, 1.54) is 0 Å². The predicted molar refractivity (Wildman–Crippen MR) is 84.5 cm³/mol. The molecule has 1 aromatic rings. The van der Waals surface area contributed by atoms with E-state index >= 15 is 0 Å². The van der Waals surface area contributed by atoms with Crippen LogP contribution >= 0.6 is 12.2 Å². The average molecular weight is 316 g/mol. The Hall–Kier alpha value is -1.18. The highest BCUT2D eigenvalue weighted by Crippen LogP contribution is 2.11. The molecule has 0 saturated heterocycles. The Balaban J connectivity index is 2.56. The molecule has 0 bridgehead atoms. The molecule has 0 heterocycles. The Morgan fingerprint density at radius 3 is 2.45 bits per heavy atom. The minimum atomic E-state index is -3.50. The number of nitrogens with one attached hydrogen (secondary N) is 1. The van der Waals surface area contributed by atoms with Crippen LogP contribution in [0.2, 0.25) is 0 Å². The molecule has 0 saturated carbocycles. The quantitative estimate of drug-likeness (QED) is 0.705. The van der Waals surface area contributed by atoms with E-state index in [0.717, 1.165) is 11.3 Å². The SMILES string of the molecule is CCC(C(N)=S)S(=O)(=O)NCCc1ccc(OC)cc1. The van der Waals surface area contributed by atoms with Crippen LogP contribution in [0.4, 0.5) is 0 Å². The lowest BCUT2D eigenvalue weighted by atomic mass is 10.1. The Morgan fingerprint density at radius 1 is 1.40 bits per heavy atom. The number of thiocarbonyl (C=S) groups is 1. The first-order chi connectivity index (χ1) is 9.40. The summed E-state index contributed by atoms with van der Waals surface area (Å²) in [7, 11) is -1.89. The van der Waals surface area contributed by atoms with Crippen LogP contribution in [0.3, 0.4) is 0 Å². The average Bonchev–Trinajstić information content (AvgIpc) is 2.39. The van der Waals surface area contributed by atoms with Gasteiger partial charge in [-0.05, 0) is 30.5 Å². The van der Waals surface area contributed by atoms with Gasteiger partial charge in [-0.1, -0.05) is 31.3 Å². The van der Waals surface area contributed by atoms with Crippen LogP contribution in [-0.2, 0) is 16.4 Å². The van der Waals surface area contributed by atoms with Crippen molar-refractivity contribution in [2.24, 2.45) is 5.73 Å². The number of hydrogen-bond acceptors (Lipinski definition) is 4. The van der Waals surface area contributed by atoms with Crippen molar-refractivity contribution < 1.29 is 13.2 Å². The minimum Gasteiger partial charge on any atom is -0.497 e. The molecule has 0 radical (unpaired) electrons. The van der Waals surface area contributed by atoms with Gasteiger partial charge in [0.25, 0.3) is 0 Å². The number of methoxy groups -OCH3 is 1. The number of ether oxygens (including phenoxy) is 1. The van der Waals surface area contributed by atoms with Crippen LogP contribution in [0.5, 0.6) is 5.75 Å². The van der Waals surface area contributed by atoms with Gasteiger partial charge in [-0.25, -0.2) is 13.1 Å². The van der Waals surface area contributed by atoms with Gasteiger partial charge in [0.15, 0.2) is 0 Å². The molecule has 0 spiro atoms. The molecule has 0 aromatic heterocycles. The van der Waals surface area contributed by atoms with Gasteiger partial charge in [-0.15, -0.1) is 0 Å². The van der Waals surface area contributed by atoms with E-state index < -0.39 is 15.3 Å². The number of benzene rings is 1. The number of hydrogen-bond donors (Lipinski definition) is 2. The molecule has 112 valence electrons. The molecule has 20 heavy (non-hydrogen) atoms. The third-order valence-corrected chi connectivity index (χ3v) is 5.32. The summed E-state index contributed by atoms with van der Waals surface area (Å²) in [5.41, 5.74) is 6.47. The molecular weight excluding hydrogens is 296 g/mol. The highest BCUT2D eigenvalue weighted by atomic mass is 32.2. The van der Waals surface area contributed by atoms with Gasteiger partial charge in [0.1, 0.15) is 11.0 Å². The lowest BCUT2D eigenvalue weighted by Crippen LogP contribution is -2.42. The van der Waals surface area contributed by atoms with E-state index in [1.807, 2.05) is 24.3 Å². The summed E-state index contributed by atoms with van der Waals surface area (Å²) < 4.78 is 31.6. The van der Waals surface area contributed by atoms with Crippen LogP contribution in [-0.4, -0.2) is 32.3 Å². The summed E-state index contributed by atoms with van der Waals surface area (Å²) in [5, 5.41) is -0.812. The Bertz CT molecular complexity index is 541. The van der Waals surface area contributed by atoms with Crippen LogP contribution in [0.25, 0.3) is 0 Å². The number of sulfonamides is 1. The maximum absolute atomic E-state index is 12.0. The second kappa shape index (κ2) is 7.56. The second-order valence-electron chi connectivity index (χ2n) is 4.34. The molecule has 1 rings (SSSR count). The molecule has 3 N–H and O–H groups in total. The van der Waals surface area contributed by atoms with Gasteiger partial charge in [0, 0.05) is 6.54 Å². The maximum atomic E-state index is 12.0. The van der Waals surface area contributed by atoms with Crippen LogP contribution < -0.4 is 15.2 Å². The normalized spacial score (nSPS) is 12.9. The monoisotopic (exact) mass is 316 g/mol. The Kier molecular flexibility index (Phi) is 6.38. The van der Waals surface area contributed by atoms with Gasteiger partial charge in [0.05, 0.1) is 12.1 Å². The van der Waals surface area contributed by atoms with Gasteiger partial charge in [0.2, 0.25) is 10.0 Å². The molecule has 5 nitrogen and oxygen atoms in total. The summed E-state index contributed by atoms with van der Waals surface area (Å²) in [6.45, 7) is 2.06. The summed E-state index contributed by atoms with van der Waals surface area (Å²) in [6.07, 6.45) is 0.962. The summed E-state index contributed by atoms with van der Waals surface area (Å²) >= 11 is 4.78.